The number of H-pyrrole nitrogens is 1. The van der Waals surface area contributed by atoms with Gasteiger partial charge in [-0.2, -0.15) is 23.5 Å². The molecule has 47 heavy (non-hydrogen) atoms. The maximum atomic E-state index is 14.8. The molecule has 5 heterocycles. The van der Waals surface area contributed by atoms with Crippen molar-refractivity contribution in [3.8, 4) is 29.0 Å². The number of piperidine rings is 1. The number of para-hydroxylation sites is 1. The lowest BCUT2D eigenvalue weighted by molar-refractivity contribution is -0.144. The Morgan fingerprint density at radius 3 is 2.55 bits per heavy atom. The van der Waals surface area contributed by atoms with Gasteiger partial charge in [0.1, 0.15) is 5.82 Å². The smallest absolute Gasteiger partial charge is 0.444 e. The summed E-state index contributed by atoms with van der Waals surface area (Å²) in [5, 5.41) is 15.6. The number of fused-ring (bicyclic) bond motifs is 1. The fraction of sp³-hybridized carbons (Fsp3) is 0.394. The van der Waals surface area contributed by atoms with Crippen LogP contribution in [0.4, 0.5) is 23.2 Å². The summed E-state index contributed by atoms with van der Waals surface area (Å²) in [7, 11) is 0. The van der Waals surface area contributed by atoms with Crippen molar-refractivity contribution in [1.29, 1.82) is 5.26 Å². The van der Waals surface area contributed by atoms with E-state index >= 15 is 0 Å². The van der Waals surface area contributed by atoms with Crippen LogP contribution < -0.4 is 14.4 Å². The summed E-state index contributed by atoms with van der Waals surface area (Å²) in [6, 6.07) is 14.3. The number of pyridine rings is 1. The average Bonchev–Trinajstić information content (AvgIpc) is 3.65. The van der Waals surface area contributed by atoms with E-state index in [0.717, 1.165) is 42.9 Å². The van der Waals surface area contributed by atoms with Crippen molar-refractivity contribution < 1.29 is 27.0 Å². The minimum Gasteiger partial charge on any atom is -0.444 e. The highest BCUT2D eigenvalue weighted by molar-refractivity contribution is 6.30. The van der Waals surface area contributed by atoms with Crippen LogP contribution in [0.2, 0.25) is 5.02 Å². The normalized spacial score (nSPS) is 21.0. The van der Waals surface area contributed by atoms with Crippen molar-refractivity contribution in [2.75, 3.05) is 31.1 Å². The molecule has 0 aliphatic carbocycles. The summed E-state index contributed by atoms with van der Waals surface area (Å²) in [6.45, 7) is 6.55. The fourth-order valence-electron chi connectivity index (χ4n) is 6.61. The first kappa shape index (κ1) is 31.2. The van der Waals surface area contributed by atoms with Crippen LogP contribution >= 0.6 is 11.6 Å². The Hall–Kier alpha value is -4.41. The van der Waals surface area contributed by atoms with Gasteiger partial charge < -0.3 is 14.4 Å². The molecule has 244 valence electrons. The SMILES string of the molecule is CC1(C#N)CN(c2cc(-c3n[nH]c(C(F)(F)F)n3)cnc2CN2CCC(c3cccc4c3O[C@](C)(c3ccc(Cl)cc3F)O4)CC2)C1. The molecule has 2 saturated heterocycles. The number of nitrogens with one attached hydrogen (secondary N) is 1. The Labute approximate surface area is 273 Å². The van der Waals surface area contributed by atoms with Crippen LogP contribution in [0.15, 0.2) is 48.7 Å². The first-order valence-electron chi connectivity index (χ1n) is 15.2. The van der Waals surface area contributed by atoms with Gasteiger partial charge in [-0.3, -0.25) is 15.0 Å². The topological polar surface area (TPSA) is 103 Å². The summed E-state index contributed by atoms with van der Waals surface area (Å²) in [5.74, 6) is -1.77. The van der Waals surface area contributed by atoms with Gasteiger partial charge in [-0.25, -0.2) is 9.37 Å². The number of halogens is 5. The van der Waals surface area contributed by atoms with Gasteiger partial charge in [0.2, 0.25) is 5.82 Å². The molecular weight excluding hydrogens is 638 g/mol. The number of anilines is 1. The largest absolute Gasteiger partial charge is 0.451 e. The van der Waals surface area contributed by atoms with Crippen LogP contribution in [0.1, 0.15) is 55.3 Å². The summed E-state index contributed by atoms with van der Waals surface area (Å²) >= 11 is 5.96. The molecule has 14 heteroatoms. The molecular formula is C33H30ClF4N7O2. The number of aromatic nitrogens is 4. The van der Waals surface area contributed by atoms with Crippen molar-refractivity contribution in [2.24, 2.45) is 5.41 Å². The monoisotopic (exact) mass is 667 g/mol. The zero-order valence-electron chi connectivity index (χ0n) is 25.5. The van der Waals surface area contributed by atoms with Crippen LogP contribution in [0.5, 0.6) is 11.5 Å². The summed E-state index contributed by atoms with van der Waals surface area (Å²) in [5.41, 5.74) is 2.61. The van der Waals surface area contributed by atoms with Gasteiger partial charge in [0.25, 0.3) is 5.79 Å². The Morgan fingerprint density at radius 1 is 1.11 bits per heavy atom. The predicted molar refractivity (Wildman–Crippen MR) is 164 cm³/mol. The molecule has 3 aliphatic rings. The zero-order chi connectivity index (χ0) is 33.1. The third-order valence-electron chi connectivity index (χ3n) is 9.08. The van der Waals surface area contributed by atoms with Gasteiger partial charge in [0, 0.05) is 48.9 Å². The van der Waals surface area contributed by atoms with Gasteiger partial charge in [-0.05, 0) is 69.1 Å². The third-order valence-corrected chi connectivity index (χ3v) is 9.32. The second-order valence-electron chi connectivity index (χ2n) is 12.7. The quantitative estimate of drug-likeness (QED) is 0.218. The van der Waals surface area contributed by atoms with Crippen LogP contribution in [0, 0.1) is 22.6 Å². The fourth-order valence-corrected chi connectivity index (χ4v) is 6.76. The van der Waals surface area contributed by atoms with Crippen LogP contribution in [-0.2, 0) is 18.5 Å². The van der Waals surface area contributed by atoms with E-state index in [-0.39, 0.29) is 22.3 Å². The molecule has 1 N–H and O–H groups in total. The third kappa shape index (κ3) is 5.85. The Kier molecular flexibility index (Phi) is 7.56. The van der Waals surface area contributed by atoms with E-state index in [1.54, 1.807) is 25.1 Å². The first-order chi connectivity index (χ1) is 22.3. The van der Waals surface area contributed by atoms with Gasteiger partial charge in [-0.15, -0.1) is 0 Å². The molecule has 3 aliphatic heterocycles. The second kappa shape index (κ2) is 11.4. The summed E-state index contributed by atoms with van der Waals surface area (Å²) in [4.78, 5) is 12.6. The number of alkyl halides is 3. The average molecular weight is 668 g/mol. The molecule has 4 aromatic rings. The molecule has 0 spiro atoms. The van der Waals surface area contributed by atoms with Crippen LogP contribution in [0.3, 0.4) is 0 Å². The van der Waals surface area contributed by atoms with Crippen molar-refractivity contribution >= 4 is 17.3 Å². The van der Waals surface area contributed by atoms with Crippen LogP contribution in [0.25, 0.3) is 11.4 Å². The summed E-state index contributed by atoms with van der Waals surface area (Å²) < 4.78 is 66.8. The number of hydrogen-bond donors (Lipinski definition) is 1. The number of likely N-dealkylation sites (tertiary alicyclic amines) is 1. The minimum absolute atomic E-state index is 0.0986. The molecule has 1 atom stereocenters. The minimum atomic E-state index is -4.65. The highest BCUT2D eigenvalue weighted by atomic mass is 35.5. The zero-order valence-corrected chi connectivity index (χ0v) is 26.3. The number of benzene rings is 2. The number of aromatic amines is 1. The molecule has 2 fully saturated rings. The lowest BCUT2D eigenvalue weighted by Crippen LogP contribution is -2.54. The first-order valence-corrected chi connectivity index (χ1v) is 15.6. The maximum absolute atomic E-state index is 14.8. The van der Waals surface area contributed by atoms with E-state index < -0.39 is 29.0 Å². The number of hydrogen-bond acceptors (Lipinski definition) is 8. The lowest BCUT2D eigenvalue weighted by atomic mass is 9.83. The highest BCUT2D eigenvalue weighted by Crippen LogP contribution is 2.50. The molecule has 7 rings (SSSR count). The number of nitriles is 1. The van der Waals surface area contributed by atoms with Crippen molar-refractivity contribution in [2.45, 2.75) is 51.1 Å². The molecule has 0 amide bonds. The van der Waals surface area contributed by atoms with Gasteiger partial charge >= 0.3 is 6.18 Å². The van der Waals surface area contributed by atoms with Crippen molar-refractivity contribution in [3.63, 3.8) is 0 Å². The van der Waals surface area contributed by atoms with E-state index in [2.05, 4.69) is 26.0 Å². The van der Waals surface area contributed by atoms with E-state index in [0.29, 0.717) is 36.7 Å². The van der Waals surface area contributed by atoms with Crippen molar-refractivity contribution in [1.82, 2.24) is 25.1 Å². The molecule has 0 saturated carbocycles. The maximum Gasteiger partial charge on any atom is 0.451 e. The van der Waals surface area contributed by atoms with Gasteiger partial charge in [-0.1, -0.05) is 23.7 Å². The van der Waals surface area contributed by atoms with Crippen molar-refractivity contribution in [3.05, 3.63) is 82.1 Å². The number of rotatable bonds is 6. The molecule has 0 unspecified atom stereocenters. The van der Waals surface area contributed by atoms with E-state index in [1.807, 2.05) is 35.1 Å². The predicted octanol–water partition coefficient (Wildman–Crippen LogP) is 7.05. The number of ether oxygens (including phenoxy) is 2. The molecule has 0 bridgehead atoms. The second-order valence-corrected chi connectivity index (χ2v) is 13.2. The Balaban J connectivity index is 1.07. The highest BCUT2D eigenvalue weighted by Gasteiger charge is 2.44. The van der Waals surface area contributed by atoms with E-state index in [9.17, 15) is 22.8 Å². The lowest BCUT2D eigenvalue weighted by Gasteiger charge is -2.45. The Bertz CT molecular complexity index is 1880. The van der Waals surface area contributed by atoms with Crippen LogP contribution in [-0.4, -0.2) is 51.2 Å². The molecule has 2 aromatic heterocycles. The van der Waals surface area contributed by atoms with E-state index in [4.69, 9.17) is 21.1 Å². The van der Waals surface area contributed by atoms with E-state index in [1.165, 1.54) is 12.3 Å². The Morgan fingerprint density at radius 2 is 1.87 bits per heavy atom. The number of nitrogens with zero attached hydrogens (tertiary/aromatic N) is 6. The molecule has 2 aromatic carbocycles. The molecule has 0 radical (unpaired) electrons. The standard InChI is InChI=1S/C33H30ClF4N7O2/c1-31(16-39)17-45(18-31)26-12-20(29-41-30(43-42-29)33(36,37)38)14-40-25(26)15-44-10-8-19(9-11-44)22-4-3-5-27-28(22)47-32(2,46-27)23-7-6-21(34)13-24(23)35/h3-7,12-14,19H,8-11,15,17-18H2,1-2H3,(H,41,42,43)/t32-/m1/s1. The summed E-state index contributed by atoms with van der Waals surface area (Å²) in [6.07, 6.45) is -1.50. The van der Waals surface area contributed by atoms with Gasteiger partial charge in [0.15, 0.2) is 17.3 Å². The molecule has 9 nitrogen and oxygen atoms in total. The van der Waals surface area contributed by atoms with Gasteiger partial charge in [0.05, 0.1) is 28.4 Å².